The van der Waals surface area contributed by atoms with E-state index in [0.717, 1.165) is 35.4 Å². The molecule has 0 radical (unpaired) electrons. The van der Waals surface area contributed by atoms with Crippen LogP contribution in [0.25, 0.3) is 0 Å². The SMILES string of the molecule is C=C(CC)/C(N)=C(CC)\C(N)=C\C. The Kier molecular flexibility index (Phi) is 4.97. The van der Waals surface area contributed by atoms with E-state index in [9.17, 15) is 0 Å². The van der Waals surface area contributed by atoms with E-state index in [1.165, 1.54) is 0 Å². The number of nitrogens with two attached hydrogens (primary N) is 2. The van der Waals surface area contributed by atoms with Crippen LogP contribution in [-0.4, -0.2) is 0 Å². The van der Waals surface area contributed by atoms with Crippen LogP contribution in [0.1, 0.15) is 33.6 Å². The zero-order valence-electron chi connectivity index (χ0n) is 8.85. The van der Waals surface area contributed by atoms with Gasteiger partial charge in [-0.25, -0.2) is 0 Å². The van der Waals surface area contributed by atoms with E-state index in [4.69, 9.17) is 11.5 Å². The average Bonchev–Trinajstić information content (AvgIpc) is 2.17. The fourth-order valence-electron chi connectivity index (χ4n) is 1.13. The summed E-state index contributed by atoms with van der Waals surface area (Å²) >= 11 is 0. The maximum atomic E-state index is 5.92. The summed E-state index contributed by atoms with van der Waals surface area (Å²) in [6.45, 7) is 9.88. The van der Waals surface area contributed by atoms with Crippen molar-refractivity contribution in [2.24, 2.45) is 11.5 Å². The molecule has 0 amide bonds. The van der Waals surface area contributed by atoms with Gasteiger partial charge in [0.1, 0.15) is 0 Å². The van der Waals surface area contributed by atoms with Gasteiger partial charge in [0, 0.05) is 11.4 Å². The van der Waals surface area contributed by atoms with Crippen LogP contribution in [-0.2, 0) is 0 Å². The molecule has 4 N–H and O–H groups in total. The Morgan fingerprint density at radius 2 is 1.77 bits per heavy atom. The quantitative estimate of drug-likeness (QED) is 0.653. The molecule has 0 aliphatic heterocycles. The number of rotatable bonds is 4. The third-order valence-electron chi connectivity index (χ3n) is 2.15. The second-order valence-corrected chi connectivity index (χ2v) is 2.95. The molecule has 0 saturated heterocycles. The second kappa shape index (κ2) is 5.46. The van der Waals surface area contributed by atoms with Gasteiger partial charge < -0.3 is 11.5 Å². The summed E-state index contributed by atoms with van der Waals surface area (Å²) in [6.07, 6.45) is 3.59. The maximum absolute atomic E-state index is 5.92. The first-order valence-electron chi connectivity index (χ1n) is 4.67. The van der Waals surface area contributed by atoms with Crippen molar-refractivity contribution in [3.05, 3.63) is 35.2 Å². The van der Waals surface area contributed by atoms with E-state index < -0.39 is 0 Å². The van der Waals surface area contributed by atoms with Crippen LogP contribution in [0.3, 0.4) is 0 Å². The minimum Gasteiger partial charge on any atom is -0.399 e. The van der Waals surface area contributed by atoms with Gasteiger partial charge in [-0.15, -0.1) is 0 Å². The molecule has 0 bridgehead atoms. The molecule has 0 atom stereocenters. The van der Waals surface area contributed by atoms with E-state index >= 15 is 0 Å². The molecule has 0 rings (SSSR count). The number of hydrogen-bond donors (Lipinski definition) is 2. The van der Waals surface area contributed by atoms with Crippen LogP contribution < -0.4 is 11.5 Å². The van der Waals surface area contributed by atoms with Crippen molar-refractivity contribution in [3.63, 3.8) is 0 Å². The van der Waals surface area contributed by atoms with Crippen LogP contribution >= 0.6 is 0 Å². The van der Waals surface area contributed by atoms with E-state index in [1.807, 2.05) is 26.8 Å². The summed E-state index contributed by atoms with van der Waals surface area (Å²) in [5, 5.41) is 0. The van der Waals surface area contributed by atoms with Crippen molar-refractivity contribution >= 4 is 0 Å². The summed E-state index contributed by atoms with van der Waals surface area (Å²) in [7, 11) is 0. The summed E-state index contributed by atoms with van der Waals surface area (Å²) in [4.78, 5) is 0. The second-order valence-electron chi connectivity index (χ2n) is 2.95. The van der Waals surface area contributed by atoms with E-state index in [0.29, 0.717) is 0 Å². The zero-order chi connectivity index (χ0) is 10.4. The van der Waals surface area contributed by atoms with Gasteiger partial charge in [0.2, 0.25) is 0 Å². The maximum Gasteiger partial charge on any atom is 0.0393 e. The van der Waals surface area contributed by atoms with Gasteiger partial charge in [0.25, 0.3) is 0 Å². The molecule has 0 aromatic heterocycles. The van der Waals surface area contributed by atoms with Crippen molar-refractivity contribution in [2.75, 3.05) is 0 Å². The Bertz CT molecular complexity index is 247. The van der Waals surface area contributed by atoms with Gasteiger partial charge >= 0.3 is 0 Å². The molecule has 0 saturated carbocycles. The Labute approximate surface area is 81.0 Å². The van der Waals surface area contributed by atoms with Crippen molar-refractivity contribution in [3.8, 4) is 0 Å². The predicted octanol–water partition coefficient (Wildman–Crippen LogP) is 2.44. The van der Waals surface area contributed by atoms with E-state index in [-0.39, 0.29) is 0 Å². The van der Waals surface area contributed by atoms with Gasteiger partial charge in [0.05, 0.1) is 0 Å². The molecule has 0 fully saturated rings. The first-order valence-corrected chi connectivity index (χ1v) is 4.67. The highest BCUT2D eigenvalue weighted by Crippen LogP contribution is 2.17. The molecule has 0 heterocycles. The Balaban J connectivity index is 5.01. The lowest BCUT2D eigenvalue weighted by molar-refractivity contribution is 1.00. The average molecular weight is 180 g/mol. The Morgan fingerprint density at radius 3 is 2.08 bits per heavy atom. The van der Waals surface area contributed by atoms with Gasteiger partial charge in [-0.05, 0) is 30.9 Å². The van der Waals surface area contributed by atoms with Crippen LogP contribution in [0.5, 0.6) is 0 Å². The lowest BCUT2D eigenvalue weighted by Gasteiger charge is -2.11. The van der Waals surface area contributed by atoms with Crippen molar-refractivity contribution in [1.29, 1.82) is 0 Å². The molecular weight excluding hydrogens is 160 g/mol. The summed E-state index contributed by atoms with van der Waals surface area (Å²) in [6, 6.07) is 0. The molecule has 74 valence electrons. The van der Waals surface area contributed by atoms with Gasteiger partial charge in [-0.2, -0.15) is 0 Å². The van der Waals surface area contributed by atoms with E-state index in [2.05, 4.69) is 6.58 Å². The molecule has 0 aromatic carbocycles. The highest BCUT2D eigenvalue weighted by atomic mass is 14.6. The predicted molar refractivity (Wildman–Crippen MR) is 58.9 cm³/mol. The molecule has 0 aliphatic rings. The molecule has 0 unspecified atom stereocenters. The van der Waals surface area contributed by atoms with Crippen molar-refractivity contribution in [1.82, 2.24) is 0 Å². The van der Waals surface area contributed by atoms with Gasteiger partial charge in [-0.1, -0.05) is 26.5 Å². The number of allylic oxidation sites excluding steroid dienone is 3. The van der Waals surface area contributed by atoms with Crippen LogP contribution in [0.15, 0.2) is 35.2 Å². The highest BCUT2D eigenvalue weighted by Gasteiger charge is 2.05. The number of hydrogen-bond acceptors (Lipinski definition) is 2. The summed E-state index contributed by atoms with van der Waals surface area (Å²) < 4.78 is 0. The minimum atomic E-state index is 0.751. The molecular formula is C11H20N2. The van der Waals surface area contributed by atoms with E-state index in [1.54, 1.807) is 0 Å². The lowest BCUT2D eigenvalue weighted by Crippen LogP contribution is -2.10. The zero-order valence-corrected chi connectivity index (χ0v) is 8.85. The molecule has 2 heteroatoms. The standard InChI is InChI=1S/C11H20N2/c1-5-8(4)11(13)9(6-2)10(12)7-3/h7H,4-6,12-13H2,1-3H3/b10-7-,11-9+. The van der Waals surface area contributed by atoms with Crippen LogP contribution in [0, 0.1) is 0 Å². The van der Waals surface area contributed by atoms with Gasteiger partial charge in [0.15, 0.2) is 0 Å². The van der Waals surface area contributed by atoms with Crippen molar-refractivity contribution < 1.29 is 0 Å². The molecule has 0 aromatic rings. The lowest BCUT2D eigenvalue weighted by atomic mass is 10.0. The summed E-state index contributed by atoms with van der Waals surface area (Å²) in [5.41, 5.74) is 15.2. The molecule has 2 nitrogen and oxygen atoms in total. The Morgan fingerprint density at radius 1 is 1.23 bits per heavy atom. The fourth-order valence-corrected chi connectivity index (χ4v) is 1.13. The third kappa shape index (κ3) is 2.98. The third-order valence-corrected chi connectivity index (χ3v) is 2.15. The monoisotopic (exact) mass is 180 g/mol. The minimum absolute atomic E-state index is 0.751. The first kappa shape index (κ1) is 11.8. The highest BCUT2D eigenvalue weighted by molar-refractivity contribution is 5.40. The smallest absolute Gasteiger partial charge is 0.0393 e. The normalized spacial score (nSPS) is 13.9. The molecule has 13 heavy (non-hydrogen) atoms. The largest absolute Gasteiger partial charge is 0.399 e. The van der Waals surface area contributed by atoms with Crippen LogP contribution in [0.2, 0.25) is 0 Å². The van der Waals surface area contributed by atoms with Crippen molar-refractivity contribution in [2.45, 2.75) is 33.6 Å². The van der Waals surface area contributed by atoms with Gasteiger partial charge in [-0.3, -0.25) is 0 Å². The van der Waals surface area contributed by atoms with Crippen LogP contribution in [0.4, 0.5) is 0 Å². The first-order chi connectivity index (χ1) is 6.08. The summed E-state index contributed by atoms with van der Waals surface area (Å²) in [5.74, 6) is 0. The topological polar surface area (TPSA) is 52.0 Å². The fraction of sp³-hybridized carbons (Fsp3) is 0.455. The molecule has 0 spiro atoms. The molecule has 0 aliphatic carbocycles. The Hall–Kier alpha value is -1.18.